The van der Waals surface area contributed by atoms with Crippen molar-refractivity contribution in [3.8, 4) is 11.1 Å². The van der Waals surface area contributed by atoms with Crippen molar-refractivity contribution in [2.75, 3.05) is 13.2 Å². The molecule has 0 spiro atoms. The molecule has 0 unspecified atom stereocenters. The number of benzene rings is 1. The highest BCUT2D eigenvalue weighted by molar-refractivity contribution is 6.31. The number of rotatable bonds is 4. The topological polar surface area (TPSA) is 83.9 Å². The first kappa shape index (κ1) is 20.9. The van der Waals surface area contributed by atoms with E-state index in [-0.39, 0.29) is 5.56 Å². The van der Waals surface area contributed by atoms with Crippen LogP contribution in [0.1, 0.15) is 22.6 Å². The number of nitrogens with one attached hydrogen (secondary N) is 1. The van der Waals surface area contributed by atoms with E-state index in [1.807, 2.05) is 12.1 Å². The van der Waals surface area contributed by atoms with Crippen LogP contribution in [0.4, 0.5) is 13.2 Å². The van der Waals surface area contributed by atoms with Crippen molar-refractivity contribution < 1.29 is 23.0 Å². The van der Waals surface area contributed by atoms with E-state index < -0.39 is 23.9 Å². The lowest BCUT2D eigenvalue weighted by Gasteiger charge is -2.40. The quantitative estimate of drug-likeness (QED) is 0.468. The maximum Gasteiger partial charge on any atom is 0.433 e. The van der Waals surface area contributed by atoms with Gasteiger partial charge < -0.3 is 14.8 Å². The Morgan fingerprint density at radius 2 is 1.84 bits per heavy atom. The Labute approximate surface area is 185 Å². The lowest BCUT2D eigenvalue weighted by atomic mass is 9.77. The molecule has 1 aliphatic rings. The van der Waals surface area contributed by atoms with Gasteiger partial charge in [-0.25, -0.2) is 9.97 Å². The third kappa shape index (κ3) is 3.42. The Morgan fingerprint density at radius 1 is 1.09 bits per heavy atom. The molecule has 5 rings (SSSR count). The second kappa shape index (κ2) is 7.54. The van der Waals surface area contributed by atoms with E-state index in [0.29, 0.717) is 40.8 Å². The van der Waals surface area contributed by atoms with Gasteiger partial charge in [-0.15, -0.1) is 0 Å². The van der Waals surface area contributed by atoms with Gasteiger partial charge in [-0.05, 0) is 28.8 Å². The summed E-state index contributed by atoms with van der Waals surface area (Å²) in [7, 11) is 0. The fourth-order valence-electron chi connectivity index (χ4n) is 3.86. The van der Waals surface area contributed by atoms with Gasteiger partial charge in [0.2, 0.25) is 0 Å². The number of H-pyrrole nitrogens is 1. The second-order valence-corrected chi connectivity index (χ2v) is 8.08. The van der Waals surface area contributed by atoms with Gasteiger partial charge in [0.05, 0.1) is 35.8 Å². The summed E-state index contributed by atoms with van der Waals surface area (Å²) < 4.78 is 44.4. The smallest absolute Gasteiger partial charge is 0.392 e. The van der Waals surface area contributed by atoms with E-state index in [2.05, 4.69) is 19.9 Å². The summed E-state index contributed by atoms with van der Waals surface area (Å²) in [6, 6.07) is 9.96. The van der Waals surface area contributed by atoms with Gasteiger partial charge in [0.15, 0.2) is 5.65 Å². The standard InChI is InChI=1S/C22H16ClF3N4O2/c23-15-6-17-19(28-7-15)30-20(29-17)21(10-32-11-21)14-3-1-12(2-4-14)16-8-27-18(22(24,25)26)5-13(16)9-31/h1-8,31H,9-11H2,(H,28,29,30). The number of aromatic amines is 1. The molecule has 1 fully saturated rings. The number of nitrogens with zero attached hydrogens (tertiary/aromatic N) is 3. The third-order valence-electron chi connectivity index (χ3n) is 5.65. The minimum Gasteiger partial charge on any atom is -0.392 e. The highest BCUT2D eigenvalue weighted by atomic mass is 35.5. The van der Waals surface area contributed by atoms with Crippen molar-refractivity contribution in [1.29, 1.82) is 0 Å². The van der Waals surface area contributed by atoms with Crippen LogP contribution in [0.15, 0.2) is 48.8 Å². The number of imidazole rings is 1. The molecule has 0 aliphatic carbocycles. The fraction of sp³-hybridized carbons (Fsp3) is 0.227. The average Bonchev–Trinajstić information content (AvgIpc) is 3.15. The Bertz CT molecular complexity index is 1300. The van der Waals surface area contributed by atoms with Crippen molar-refractivity contribution in [3.05, 3.63) is 76.5 Å². The molecule has 1 saturated heterocycles. The van der Waals surface area contributed by atoms with Crippen molar-refractivity contribution in [2.24, 2.45) is 0 Å². The lowest BCUT2D eigenvalue weighted by Crippen LogP contribution is -2.48. The van der Waals surface area contributed by atoms with E-state index in [9.17, 15) is 18.3 Å². The summed E-state index contributed by atoms with van der Waals surface area (Å²) in [5.74, 6) is 0.702. The lowest BCUT2D eigenvalue weighted by molar-refractivity contribution is -0.141. The Kier molecular flexibility index (Phi) is 4.92. The fourth-order valence-corrected chi connectivity index (χ4v) is 4.02. The van der Waals surface area contributed by atoms with Crippen LogP contribution in [0, 0.1) is 0 Å². The van der Waals surface area contributed by atoms with Crippen LogP contribution in [-0.4, -0.2) is 38.3 Å². The van der Waals surface area contributed by atoms with Gasteiger partial charge in [-0.3, -0.25) is 4.98 Å². The van der Waals surface area contributed by atoms with Crippen LogP contribution in [0.2, 0.25) is 5.02 Å². The molecule has 1 aliphatic heterocycles. The monoisotopic (exact) mass is 460 g/mol. The van der Waals surface area contributed by atoms with Crippen LogP contribution < -0.4 is 0 Å². The van der Waals surface area contributed by atoms with Gasteiger partial charge in [0.25, 0.3) is 0 Å². The molecule has 0 atom stereocenters. The number of hydrogen-bond acceptors (Lipinski definition) is 5. The number of hydrogen-bond donors (Lipinski definition) is 2. The number of aliphatic hydroxyl groups is 1. The van der Waals surface area contributed by atoms with Crippen molar-refractivity contribution >= 4 is 22.8 Å². The summed E-state index contributed by atoms with van der Waals surface area (Å²) in [6.07, 6.45) is -1.90. The predicted molar refractivity (Wildman–Crippen MR) is 111 cm³/mol. The first-order chi connectivity index (χ1) is 15.3. The molecular weight excluding hydrogens is 445 g/mol. The molecule has 6 nitrogen and oxygen atoms in total. The van der Waals surface area contributed by atoms with Crippen LogP contribution >= 0.6 is 11.6 Å². The summed E-state index contributed by atoms with van der Waals surface area (Å²) in [5.41, 5.74) is 1.91. The molecule has 0 saturated carbocycles. The van der Waals surface area contributed by atoms with E-state index in [1.165, 1.54) is 6.20 Å². The summed E-state index contributed by atoms with van der Waals surface area (Å²) in [4.78, 5) is 15.6. The SMILES string of the molecule is OCc1cc(C(F)(F)F)ncc1-c1ccc(C2(c3nc4ncc(Cl)cc4[nH]3)COC2)cc1. The zero-order valence-electron chi connectivity index (χ0n) is 16.4. The van der Waals surface area contributed by atoms with Crippen molar-refractivity contribution in [2.45, 2.75) is 18.2 Å². The molecule has 3 aromatic heterocycles. The van der Waals surface area contributed by atoms with Gasteiger partial charge in [-0.1, -0.05) is 35.9 Å². The van der Waals surface area contributed by atoms with Gasteiger partial charge in [0, 0.05) is 18.0 Å². The van der Waals surface area contributed by atoms with E-state index in [1.54, 1.807) is 18.2 Å². The molecule has 0 radical (unpaired) electrons. The molecule has 4 heterocycles. The number of halogens is 4. The molecule has 4 aromatic rings. The minimum atomic E-state index is -4.57. The third-order valence-corrected chi connectivity index (χ3v) is 5.86. The van der Waals surface area contributed by atoms with Crippen LogP contribution in [0.25, 0.3) is 22.3 Å². The summed E-state index contributed by atoms with van der Waals surface area (Å²) >= 11 is 6.02. The molecule has 2 N–H and O–H groups in total. The number of pyridine rings is 2. The van der Waals surface area contributed by atoms with Crippen LogP contribution in [0.5, 0.6) is 0 Å². The van der Waals surface area contributed by atoms with Crippen LogP contribution in [-0.2, 0) is 22.9 Å². The molecule has 164 valence electrons. The number of aromatic nitrogens is 4. The molecule has 0 bridgehead atoms. The number of ether oxygens (including phenoxy) is 1. The average molecular weight is 461 g/mol. The Hall–Kier alpha value is -3.01. The van der Waals surface area contributed by atoms with E-state index in [4.69, 9.17) is 16.3 Å². The summed E-state index contributed by atoms with van der Waals surface area (Å²) in [5, 5.41) is 10.1. The normalized spacial score (nSPS) is 15.7. The second-order valence-electron chi connectivity index (χ2n) is 7.64. The Balaban J connectivity index is 1.51. The number of aliphatic hydroxyl groups excluding tert-OH is 1. The number of fused-ring (bicyclic) bond motifs is 1. The van der Waals surface area contributed by atoms with Gasteiger partial charge >= 0.3 is 6.18 Å². The zero-order chi connectivity index (χ0) is 22.5. The highest BCUT2D eigenvalue weighted by Gasteiger charge is 2.45. The summed E-state index contributed by atoms with van der Waals surface area (Å²) in [6.45, 7) is 0.308. The molecule has 10 heteroatoms. The van der Waals surface area contributed by atoms with E-state index >= 15 is 0 Å². The zero-order valence-corrected chi connectivity index (χ0v) is 17.2. The molecular formula is C22H16ClF3N4O2. The predicted octanol–water partition coefficient (Wildman–Crippen LogP) is 4.50. The molecule has 1 aromatic carbocycles. The first-order valence-electron chi connectivity index (χ1n) is 9.67. The molecule has 0 amide bonds. The van der Waals surface area contributed by atoms with Crippen molar-refractivity contribution in [1.82, 2.24) is 19.9 Å². The van der Waals surface area contributed by atoms with Gasteiger partial charge in [-0.2, -0.15) is 13.2 Å². The van der Waals surface area contributed by atoms with E-state index in [0.717, 1.165) is 23.3 Å². The first-order valence-corrected chi connectivity index (χ1v) is 10.1. The van der Waals surface area contributed by atoms with Crippen molar-refractivity contribution in [3.63, 3.8) is 0 Å². The molecule has 32 heavy (non-hydrogen) atoms. The van der Waals surface area contributed by atoms with Gasteiger partial charge in [0.1, 0.15) is 11.5 Å². The van der Waals surface area contributed by atoms with Crippen LogP contribution in [0.3, 0.4) is 0 Å². The Morgan fingerprint density at radius 3 is 2.47 bits per heavy atom. The highest BCUT2D eigenvalue weighted by Crippen LogP contribution is 2.39. The number of alkyl halides is 3. The largest absolute Gasteiger partial charge is 0.433 e. The minimum absolute atomic E-state index is 0.155. The maximum absolute atomic E-state index is 13.0. The maximum atomic E-state index is 13.0.